The minimum atomic E-state index is -3.15. The van der Waals surface area contributed by atoms with Gasteiger partial charge in [0.25, 0.3) is 0 Å². The van der Waals surface area contributed by atoms with E-state index in [1.54, 1.807) is 0 Å². The smallest absolute Gasteiger partial charge is 0.159 e. The topological polar surface area (TPSA) is 52.7 Å². The lowest BCUT2D eigenvalue weighted by Crippen LogP contribution is -2.47. The lowest BCUT2D eigenvalue weighted by atomic mass is 10.2. The molecule has 1 fully saturated rings. The molecule has 0 saturated carbocycles. The molecule has 150 valence electrons. The van der Waals surface area contributed by atoms with Gasteiger partial charge < -0.3 is 10.2 Å². The van der Waals surface area contributed by atoms with Crippen LogP contribution in [0.25, 0.3) is 0 Å². The zero-order valence-corrected chi connectivity index (χ0v) is 17.4. The Morgan fingerprint density at radius 1 is 1.00 bits per heavy atom. The van der Waals surface area contributed by atoms with Crippen molar-refractivity contribution in [1.29, 1.82) is 0 Å². The lowest BCUT2D eigenvalue weighted by Gasteiger charge is -2.36. The maximum atomic E-state index is 12.8. The lowest BCUT2D eigenvalue weighted by molar-refractivity contribution is 0.259. The standard InChI is InChI=1S/C21H26ClN3O2S/c22-18-7-2-4-9-20(18)25-13-11-24(12-14-25)10-5-15-28(26,27)21-16-23-19-8-3-1-6-17(19)21/h1-4,6-9,21,23H,5,10-16H2. The third-order valence-electron chi connectivity index (χ3n) is 5.69. The zero-order chi connectivity index (χ0) is 19.6. The van der Waals surface area contributed by atoms with Crippen molar-refractivity contribution in [2.75, 3.05) is 55.2 Å². The summed E-state index contributed by atoms with van der Waals surface area (Å²) < 4.78 is 25.7. The number of fused-ring (bicyclic) bond motifs is 1. The van der Waals surface area contributed by atoms with E-state index in [1.807, 2.05) is 42.5 Å². The fourth-order valence-corrected chi connectivity index (χ4v) is 6.12. The summed E-state index contributed by atoms with van der Waals surface area (Å²) in [7, 11) is -3.15. The second-order valence-electron chi connectivity index (χ2n) is 7.46. The van der Waals surface area contributed by atoms with Crippen molar-refractivity contribution >= 4 is 32.8 Å². The summed E-state index contributed by atoms with van der Waals surface area (Å²) >= 11 is 6.30. The highest BCUT2D eigenvalue weighted by Gasteiger charge is 2.33. The van der Waals surface area contributed by atoms with E-state index in [-0.39, 0.29) is 5.75 Å². The summed E-state index contributed by atoms with van der Waals surface area (Å²) in [4.78, 5) is 4.65. The number of para-hydroxylation sites is 2. The molecule has 0 aromatic heterocycles. The minimum Gasteiger partial charge on any atom is -0.383 e. The first-order chi connectivity index (χ1) is 13.5. The maximum absolute atomic E-state index is 12.8. The summed E-state index contributed by atoms with van der Waals surface area (Å²) in [6, 6.07) is 15.6. The summed E-state index contributed by atoms with van der Waals surface area (Å²) in [5.74, 6) is 0.235. The van der Waals surface area contributed by atoms with Gasteiger partial charge in [-0.25, -0.2) is 8.42 Å². The second kappa shape index (κ2) is 8.31. The fourth-order valence-electron chi connectivity index (χ4n) is 4.12. The van der Waals surface area contributed by atoms with E-state index in [0.29, 0.717) is 13.0 Å². The Morgan fingerprint density at radius 3 is 2.50 bits per heavy atom. The van der Waals surface area contributed by atoms with Crippen LogP contribution in [0.4, 0.5) is 11.4 Å². The van der Waals surface area contributed by atoms with Gasteiger partial charge in [0.15, 0.2) is 9.84 Å². The number of hydrogen-bond donors (Lipinski definition) is 1. The van der Waals surface area contributed by atoms with Crippen molar-refractivity contribution in [2.24, 2.45) is 0 Å². The van der Waals surface area contributed by atoms with Gasteiger partial charge in [-0.05, 0) is 36.7 Å². The van der Waals surface area contributed by atoms with E-state index in [4.69, 9.17) is 11.6 Å². The quantitative estimate of drug-likeness (QED) is 0.777. The van der Waals surface area contributed by atoms with E-state index in [1.165, 1.54) is 0 Å². The van der Waals surface area contributed by atoms with E-state index < -0.39 is 15.1 Å². The molecule has 0 radical (unpaired) electrons. The number of anilines is 2. The molecule has 2 aliphatic rings. The molecule has 7 heteroatoms. The number of halogens is 1. The van der Waals surface area contributed by atoms with Crippen LogP contribution in [0.5, 0.6) is 0 Å². The Hall–Kier alpha value is -1.76. The molecule has 28 heavy (non-hydrogen) atoms. The van der Waals surface area contributed by atoms with Crippen molar-refractivity contribution < 1.29 is 8.42 Å². The second-order valence-corrected chi connectivity index (χ2v) is 10.2. The van der Waals surface area contributed by atoms with Gasteiger partial charge >= 0.3 is 0 Å². The molecule has 1 N–H and O–H groups in total. The Kier molecular flexibility index (Phi) is 5.80. The predicted octanol–water partition coefficient (Wildman–Crippen LogP) is 3.43. The van der Waals surface area contributed by atoms with Gasteiger partial charge in [0.05, 0.1) is 16.5 Å². The number of rotatable bonds is 6. The molecule has 0 spiro atoms. The van der Waals surface area contributed by atoms with Gasteiger partial charge in [0, 0.05) is 38.4 Å². The Morgan fingerprint density at radius 2 is 1.71 bits per heavy atom. The molecular weight excluding hydrogens is 394 g/mol. The summed E-state index contributed by atoms with van der Waals surface area (Å²) in [6.07, 6.45) is 0.674. The number of nitrogens with zero attached hydrogens (tertiary/aromatic N) is 2. The van der Waals surface area contributed by atoms with Crippen LogP contribution >= 0.6 is 11.6 Å². The number of hydrogen-bond acceptors (Lipinski definition) is 5. The van der Waals surface area contributed by atoms with Crippen LogP contribution in [0, 0.1) is 0 Å². The van der Waals surface area contributed by atoms with Gasteiger partial charge in [0.2, 0.25) is 0 Å². The highest BCUT2D eigenvalue weighted by molar-refractivity contribution is 7.91. The first kappa shape index (κ1) is 19.6. The van der Waals surface area contributed by atoms with Crippen molar-refractivity contribution in [3.63, 3.8) is 0 Å². The van der Waals surface area contributed by atoms with Crippen molar-refractivity contribution in [2.45, 2.75) is 11.7 Å². The Labute approximate surface area is 172 Å². The van der Waals surface area contributed by atoms with Crippen LogP contribution in [-0.4, -0.2) is 58.3 Å². The van der Waals surface area contributed by atoms with Crippen LogP contribution in [0.1, 0.15) is 17.2 Å². The average molecular weight is 420 g/mol. The minimum absolute atomic E-state index is 0.235. The van der Waals surface area contributed by atoms with Gasteiger partial charge in [-0.1, -0.05) is 41.9 Å². The molecule has 1 atom stereocenters. The molecule has 0 aliphatic carbocycles. The SMILES string of the molecule is O=S(=O)(CCCN1CCN(c2ccccc2Cl)CC1)C1CNc2ccccc21. The van der Waals surface area contributed by atoms with Gasteiger partial charge in [-0.15, -0.1) is 0 Å². The molecule has 4 rings (SSSR count). The number of nitrogens with one attached hydrogen (secondary N) is 1. The molecular formula is C21H26ClN3O2S. The van der Waals surface area contributed by atoms with Gasteiger partial charge in [-0.2, -0.15) is 0 Å². The molecule has 2 heterocycles. The third-order valence-corrected chi connectivity index (χ3v) is 8.15. The van der Waals surface area contributed by atoms with Crippen LogP contribution < -0.4 is 10.2 Å². The van der Waals surface area contributed by atoms with Crippen LogP contribution in [0.2, 0.25) is 5.02 Å². The largest absolute Gasteiger partial charge is 0.383 e. The molecule has 2 aliphatic heterocycles. The molecule has 5 nitrogen and oxygen atoms in total. The first-order valence-corrected chi connectivity index (χ1v) is 11.9. The predicted molar refractivity (Wildman–Crippen MR) is 116 cm³/mol. The van der Waals surface area contributed by atoms with E-state index in [0.717, 1.165) is 54.7 Å². The monoisotopic (exact) mass is 419 g/mol. The zero-order valence-electron chi connectivity index (χ0n) is 15.9. The number of sulfone groups is 1. The van der Waals surface area contributed by atoms with Crippen molar-refractivity contribution in [3.05, 3.63) is 59.1 Å². The van der Waals surface area contributed by atoms with E-state index in [2.05, 4.69) is 21.2 Å². The number of benzene rings is 2. The highest BCUT2D eigenvalue weighted by Crippen LogP contribution is 2.35. The third kappa shape index (κ3) is 4.14. The summed E-state index contributed by atoms with van der Waals surface area (Å²) in [5, 5.41) is 3.58. The maximum Gasteiger partial charge on any atom is 0.159 e. The Bertz CT molecular complexity index is 927. The summed E-state index contributed by atoms with van der Waals surface area (Å²) in [5.41, 5.74) is 2.95. The van der Waals surface area contributed by atoms with E-state index in [9.17, 15) is 8.42 Å². The number of piperazine rings is 1. The average Bonchev–Trinajstić information content (AvgIpc) is 3.14. The molecule has 0 bridgehead atoms. The van der Waals surface area contributed by atoms with Gasteiger partial charge in [0.1, 0.15) is 5.25 Å². The first-order valence-electron chi connectivity index (χ1n) is 9.81. The fraction of sp³-hybridized carbons (Fsp3) is 0.429. The van der Waals surface area contributed by atoms with Crippen LogP contribution in [0.15, 0.2) is 48.5 Å². The van der Waals surface area contributed by atoms with Crippen LogP contribution in [0.3, 0.4) is 0 Å². The van der Waals surface area contributed by atoms with Crippen molar-refractivity contribution in [3.8, 4) is 0 Å². The van der Waals surface area contributed by atoms with E-state index >= 15 is 0 Å². The normalized spacial score (nSPS) is 20.0. The molecule has 0 amide bonds. The van der Waals surface area contributed by atoms with Crippen molar-refractivity contribution in [1.82, 2.24) is 4.90 Å². The summed E-state index contributed by atoms with van der Waals surface area (Å²) in [6.45, 7) is 4.99. The molecule has 2 aromatic carbocycles. The molecule has 1 saturated heterocycles. The molecule has 2 aromatic rings. The Balaban J connectivity index is 1.27. The molecule has 1 unspecified atom stereocenters. The highest BCUT2D eigenvalue weighted by atomic mass is 35.5. The van der Waals surface area contributed by atoms with Crippen LogP contribution in [-0.2, 0) is 9.84 Å². The van der Waals surface area contributed by atoms with Gasteiger partial charge in [-0.3, -0.25) is 4.90 Å².